The van der Waals surface area contributed by atoms with Crippen molar-refractivity contribution >= 4 is 24.5 Å². The molecular formula is C30H49FN4O5. The number of hydrogen-bond acceptors (Lipinski definition) is 6. The number of hydrogen-bond donors (Lipinski definition) is 3. The fraction of sp³-hybridized carbons (Fsp3) is 0.667. The topological polar surface area (TPSA) is 119 Å². The third-order valence-corrected chi connectivity index (χ3v) is 6.92. The van der Waals surface area contributed by atoms with Crippen molar-refractivity contribution in [2.24, 2.45) is 17.8 Å². The van der Waals surface area contributed by atoms with Crippen molar-refractivity contribution in [2.75, 3.05) is 33.2 Å². The zero-order valence-corrected chi connectivity index (χ0v) is 24.6. The van der Waals surface area contributed by atoms with Gasteiger partial charge in [-0.25, -0.2) is 9.45 Å². The lowest BCUT2D eigenvalue weighted by molar-refractivity contribution is -0.155. The van der Waals surface area contributed by atoms with Crippen molar-refractivity contribution in [3.8, 4) is 0 Å². The SMILES string of the molecule is CC(C)C.CNC1CCN(C(=O)CNC(=O)C(CC2CCCCC2)CN(O)C=O)CC1.O=Cc1ccc(F)cc1. The number of aldehydes is 1. The molecule has 2 fully saturated rings. The zero-order valence-electron chi connectivity index (χ0n) is 24.6. The maximum atomic E-state index is 12.6. The highest BCUT2D eigenvalue weighted by atomic mass is 19.1. The first-order chi connectivity index (χ1) is 19.1. The number of hydroxylamine groups is 2. The van der Waals surface area contributed by atoms with Gasteiger partial charge in [0, 0.05) is 24.7 Å². The Morgan fingerprint density at radius 3 is 2.12 bits per heavy atom. The van der Waals surface area contributed by atoms with Crippen molar-refractivity contribution in [3.63, 3.8) is 0 Å². The Balaban J connectivity index is 0.000000506. The fourth-order valence-corrected chi connectivity index (χ4v) is 4.74. The standard InChI is InChI=1S/C19H34N4O4.C7H5FO.C4H10/c1-20-17-7-9-22(10-8-17)18(25)12-21-19(26)16(13-23(27)14-24)11-15-5-3-2-4-6-15;8-7-3-1-6(5-9)2-4-7;1-4(2)3/h14-17,20,27H,2-13H2,1H3,(H,21,26);1-5H;4H,1-3H3. The normalized spacial score (nSPS) is 16.5. The van der Waals surface area contributed by atoms with Gasteiger partial charge in [0.2, 0.25) is 18.2 Å². The molecule has 1 aromatic rings. The first-order valence-corrected chi connectivity index (χ1v) is 14.4. The van der Waals surface area contributed by atoms with Crippen molar-refractivity contribution in [2.45, 2.75) is 78.2 Å². The van der Waals surface area contributed by atoms with Crippen LogP contribution in [0.4, 0.5) is 4.39 Å². The molecule has 0 bridgehead atoms. The van der Waals surface area contributed by atoms with E-state index in [0.29, 0.717) is 54.8 Å². The molecule has 2 aliphatic rings. The van der Waals surface area contributed by atoms with Crippen molar-refractivity contribution in [1.29, 1.82) is 0 Å². The molecule has 3 N–H and O–H groups in total. The molecule has 0 radical (unpaired) electrons. The van der Waals surface area contributed by atoms with Gasteiger partial charge in [0.05, 0.1) is 19.0 Å². The van der Waals surface area contributed by atoms with Gasteiger partial charge in [-0.05, 0) is 62.4 Å². The molecule has 1 saturated heterocycles. The highest BCUT2D eigenvalue weighted by Gasteiger charge is 2.27. The van der Waals surface area contributed by atoms with E-state index < -0.39 is 5.92 Å². The summed E-state index contributed by atoms with van der Waals surface area (Å²) in [6.07, 6.45) is 9.18. The predicted octanol–water partition coefficient (Wildman–Crippen LogP) is 4.05. The average Bonchev–Trinajstić information content (AvgIpc) is 2.96. The molecule has 1 unspecified atom stereocenters. The first-order valence-electron chi connectivity index (χ1n) is 14.4. The average molecular weight is 565 g/mol. The van der Waals surface area contributed by atoms with Crippen LogP contribution in [0.1, 0.15) is 82.5 Å². The highest BCUT2D eigenvalue weighted by molar-refractivity contribution is 5.86. The monoisotopic (exact) mass is 564 g/mol. The van der Waals surface area contributed by atoms with E-state index in [9.17, 15) is 28.8 Å². The van der Waals surface area contributed by atoms with Crippen LogP contribution in [-0.4, -0.2) is 78.9 Å². The van der Waals surface area contributed by atoms with E-state index >= 15 is 0 Å². The molecule has 1 heterocycles. The second-order valence-electron chi connectivity index (χ2n) is 11.2. The molecule has 226 valence electrons. The molecule has 1 atom stereocenters. The number of nitrogens with one attached hydrogen (secondary N) is 2. The lowest BCUT2D eigenvalue weighted by Crippen LogP contribution is -2.48. The van der Waals surface area contributed by atoms with Crippen LogP contribution in [0.3, 0.4) is 0 Å². The smallest absolute Gasteiger partial charge is 0.241 e. The summed E-state index contributed by atoms with van der Waals surface area (Å²) in [7, 11) is 1.93. The molecule has 1 saturated carbocycles. The Bertz CT molecular complexity index is 867. The van der Waals surface area contributed by atoms with E-state index in [2.05, 4.69) is 31.4 Å². The van der Waals surface area contributed by atoms with E-state index in [0.717, 1.165) is 44.4 Å². The fourth-order valence-electron chi connectivity index (χ4n) is 4.74. The van der Waals surface area contributed by atoms with E-state index in [4.69, 9.17) is 0 Å². The molecule has 3 amide bonds. The third-order valence-electron chi connectivity index (χ3n) is 6.92. The van der Waals surface area contributed by atoms with Crippen LogP contribution >= 0.6 is 0 Å². The van der Waals surface area contributed by atoms with Gasteiger partial charge < -0.3 is 15.5 Å². The second kappa shape index (κ2) is 20.1. The van der Waals surface area contributed by atoms with Gasteiger partial charge in [-0.3, -0.25) is 24.4 Å². The van der Waals surface area contributed by atoms with Gasteiger partial charge >= 0.3 is 0 Å². The largest absolute Gasteiger partial charge is 0.347 e. The number of carbonyl (C=O) groups is 4. The lowest BCUT2D eigenvalue weighted by Gasteiger charge is -2.32. The predicted molar refractivity (Wildman–Crippen MR) is 153 cm³/mol. The molecule has 9 nitrogen and oxygen atoms in total. The van der Waals surface area contributed by atoms with Crippen molar-refractivity contribution < 1.29 is 28.8 Å². The zero-order chi connectivity index (χ0) is 29.9. The van der Waals surface area contributed by atoms with Gasteiger partial charge in [0.1, 0.15) is 12.1 Å². The number of nitrogens with zero attached hydrogens (tertiary/aromatic N) is 2. The van der Waals surface area contributed by atoms with Crippen LogP contribution in [-0.2, 0) is 14.4 Å². The molecule has 1 aliphatic carbocycles. The maximum absolute atomic E-state index is 12.6. The molecule has 40 heavy (non-hydrogen) atoms. The minimum atomic E-state index is -0.494. The number of piperidine rings is 1. The highest BCUT2D eigenvalue weighted by Crippen LogP contribution is 2.29. The summed E-state index contributed by atoms with van der Waals surface area (Å²) in [5.41, 5.74) is 0.497. The number of rotatable bonds is 10. The van der Waals surface area contributed by atoms with Crippen molar-refractivity contribution in [1.82, 2.24) is 20.6 Å². The molecular weight excluding hydrogens is 515 g/mol. The van der Waals surface area contributed by atoms with Crippen LogP contribution in [0.5, 0.6) is 0 Å². The summed E-state index contributed by atoms with van der Waals surface area (Å²) in [4.78, 5) is 47.5. The Morgan fingerprint density at radius 2 is 1.62 bits per heavy atom. The van der Waals surface area contributed by atoms with E-state index in [1.807, 2.05) is 7.05 Å². The van der Waals surface area contributed by atoms with Gasteiger partial charge in [0.15, 0.2) is 0 Å². The van der Waals surface area contributed by atoms with Gasteiger partial charge in [0.25, 0.3) is 0 Å². The first kappa shape index (κ1) is 35.2. The van der Waals surface area contributed by atoms with Gasteiger partial charge in [-0.1, -0.05) is 52.9 Å². The maximum Gasteiger partial charge on any atom is 0.241 e. The minimum Gasteiger partial charge on any atom is -0.347 e. The second-order valence-corrected chi connectivity index (χ2v) is 11.2. The molecule has 0 spiro atoms. The number of halogens is 1. The van der Waals surface area contributed by atoms with Gasteiger partial charge in [-0.2, -0.15) is 0 Å². The number of benzene rings is 1. The molecule has 1 aromatic carbocycles. The summed E-state index contributed by atoms with van der Waals surface area (Å²) in [5.74, 6) is 0.114. The quantitative estimate of drug-likeness (QED) is 0.224. The summed E-state index contributed by atoms with van der Waals surface area (Å²) < 4.78 is 12.1. The molecule has 1 aliphatic heterocycles. The van der Waals surface area contributed by atoms with E-state index in [1.54, 1.807) is 4.90 Å². The third kappa shape index (κ3) is 15.1. The summed E-state index contributed by atoms with van der Waals surface area (Å²) in [6.45, 7) is 7.83. The Labute approximate surface area is 238 Å². The molecule has 0 aromatic heterocycles. The molecule has 10 heteroatoms. The van der Waals surface area contributed by atoms with Crippen LogP contribution in [0.15, 0.2) is 24.3 Å². The van der Waals surface area contributed by atoms with Gasteiger partial charge in [-0.15, -0.1) is 0 Å². The number of likely N-dealkylation sites (tertiary alicyclic amines) is 1. The van der Waals surface area contributed by atoms with E-state index in [-0.39, 0.29) is 30.7 Å². The van der Waals surface area contributed by atoms with Crippen LogP contribution in [0, 0.1) is 23.6 Å². The summed E-state index contributed by atoms with van der Waals surface area (Å²) in [6, 6.07) is 5.82. The number of carbonyl (C=O) groups excluding carboxylic acids is 4. The molecule has 3 rings (SSSR count). The van der Waals surface area contributed by atoms with Crippen LogP contribution in [0.2, 0.25) is 0 Å². The summed E-state index contributed by atoms with van der Waals surface area (Å²) in [5, 5.41) is 16.0. The Kier molecular flexibility index (Phi) is 17.7. The Hall–Kier alpha value is -2.85. The van der Waals surface area contributed by atoms with Crippen LogP contribution < -0.4 is 10.6 Å². The van der Waals surface area contributed by atoms with E-state index in [1.165, 1.54) is 30.7 Å². The van der Waals surface area contributed by atoms with Crippen LogP contribution in [0.25, 0.3) is 0 Å². The minimum absolute atomic E-state index is 0.0310. The number of amides is 3. The summed E-state index contributed by atoms with van der Waals surface area (Å²) >= 11 is 0. The Morgan fingerprint density at radius 1 is 1.05 bits per heavy atom. The lowest BCUT2D eigenvalue weighted by atomic mass is 9.82. The van der Waals surface area contributed by atoms with Crippen molar-refractivity contribution in [3.05, 3.63) is 35.6 Å².